The van der Waals surface area contributed by atoms with Gasteiger partial charge in [0, 0.05) is 17.9 Å². The smallest absolute Gasteiger partial charge is 0.303 e. The second kappa shape index (κ2) is 16.6. The number of carboxylic acids is 1. The quantitative estimate of drug-likeness (QED) is 0.592. The van der Waals surface area contributed by atoms with Crippen molar-refractivity contribution in [3.05, 3.63) is 0 Å². The van der Waals surface area contributed by atoms with E-state index >= 15 is 0 Å². The largest absolute Gasteiger partial charge is 0.481 e. The molecule has 1 heterocycles. The zero-order chi connectivity index (χ0) is 11.9. The maximum absolute atomic E-state index is 9.87. The molecule has 0 radical (unpaired) electrons. The molecule has 0 atom stereocenters. The molecule has 4 heteroatoms. The van der Waals surface area contributed by atoms with Crippen molar-refractivity contribution < 1.29 is 9.90 Å². The van der Waals surface area contributed by atoms with E-state index in [-0.39, 0.29) is 0 Å². The highest BCUT2D eigenvalue weighted by Crippen LogP contribution is 2.29. The normalized spacial score (nSPS) is 13.3. The van der Waals surface area contributed by atoms with Crippen molar-refractivity contribution in [3.63, 3.8) is 0 Å². The monoisotopic (exact) mass is 252 g/mol. The van der Waals surface area contributed by atoms with E-state index in [1.807, 2.05) is 35.4 Å². The van der Waals surface area contributed by atoms with E-state index in [9.17, 15) is 4.79 Å². The van der Waals surface area contributed by atoms with Crippen molar-refractivity contribution >= 4 is 27.6 Å². The Labute approximate surface area is 102 Å². The molecule has 1 rings (SSSR count). The van der Waals surface area contributed by atoms with E-state index in [4.69, 9.17) is 5.11 Å². The fourth-order valence-corrected chi connectivity index (χ4v) is 3.18. The first-order valence-electron chi connectivity index (χ1n) is 5.73. The number of unbranched alkanes of at least 4 members (excludes halogenated alkanes) is 2. The summed E-state index contributed by atoms with van der Waals surface area (Å²) in [5.41, 5.74) is 0. The van der Waals surface area contributed by atoms with Crippen LogP contribution in [-0.4, -0.2) is 22.6 Å². The summed E-state index contributed by atoms with van der Waals surface area (Å²) in [4.78, 5) is 9.87. The van der Waals surface area contributed by atoms with Gasteiger partial charge < -0.3 is 5.11 Å². The molecule has 0 spiro atoms. The molecule has 15 heavy (non-hydrogen) atoms. The SMILES string of the molecule is C1CSSC1.CC.CCCCCC(=O)O. The molecule has 1 N–H and O–H groups in total. The molecule has 0 saturated carbocycles. The topological polar surface area (TPSA) is 37.3 Å². The minimum absolute atomic E-state index is 0.327. The summed E-state index contributed by atoms with van der Waals surface area (Å²) in [7, 11) is 3.98. The Kier molecular flexibility index (Phi) is 19.4. The highest BCUT2D eigenvalue weighted by atomic mass is 33.1. The summed E-state index contributed by atoms with van der Waals surface area (Å²) in [6, 6.07) is 0. The summed E-state index contributed by atoms with van der Waals surface area (Å²) in [5.74, 6) is 2.08. The molecule has 0 bridgehead atoms. The van der Waals surface area contributed by atoms with E-state index in [2.05, 4.69) is 6.92 Å². The molecule has 92 valence electrons. The lowest BCUT2D eigenvalue weighted by Crippen LogP contribution is -1.92. The van der Waals surface area contributed by atoms with E-state index in [1.54, 1.807) is 0 Å². The van der Waals surface area contributed by atoms with E-state index < -0.39 is 5.97 Å². The summed E-state index contributed by atoms with van der Waals surface area (Å²) >= 11 is 0. The number of carbonyl (C=O) groups is 1. The third-order valence-corrected chi connectivity index (χ3v) is 4.11. The average molecular weight is 252 g/mol. The Hall–Kier alpha value is 0.170. The zero-order valence-corrected chi connectivity index (χ0v) is 11.8. The molecule has 1 aliphatic rings. The first-order chi connectivity index (χ1) is 7.27. The van der Waals surface area contributed by atoms with Crippen LogP contribution in [0, 0.1) is 0 Å². The molecule has 1 aliphatic heterocycles. The number of carboxylic acid groups (broad SMARTS) is 1. The molecule has 2 nitrogen and oxygen atoms in total. The Morgan fingerprint density at radius 2 is 1.73 bits per heavy atom. The summed E-state index contributed by atoms with van der Waals surface area (Å²) in [6.45, 7) is 6.06. The zero-order valence-electron chi connectivity index (χ0n) is 10.1. The van der Waals surface area contributed by atoms with Crippen LogP contribution in [0.5, 0.6) is 0 Å². The van der Waals surface area contributed by atoms with Crippen LogP contribution in [0.25, 0.3) is 0 Å². The van der Waals surface area contributed by atoms with E-state index in [0.717, 1.165) is 19.3 Å². The van der Waals surface area contributed by atoms with Crippen molar-refractivity contribution in [1.82, 2.24) is 0 Å². The van der Waals surface area contributed by atoms with Crippen molar-refractivity contribution in [2.45, 2.75) is 52.9 Å². The van der Waals surface area contributed by atoms with Crippen LogP contribution in [0.1, 0.15) is 52.9 Å². The van der Waals surface area contributed by atoms with E-state index in [1.165, 1.54) is 17.9 Å². The first kappa shape index (κ1) is 17.6. The number of rotatable bonds is 4. The molecule has 0 aromatic rings. The van der Waals surface area contributed by atoms with Crippen LogP contribution in [0.4, 0.5) is 0 Å². The molecular formula is C11H24O2S2. The number of hydrogen-bond donors (Lipinski definition) is 1. The molecule has 0 aliphatic carbocycles. The first-order valence-corrected chi connectivity index (χ1v) is 8.22. The summed E-state index contributed by atoms with van der Waals surface area (Å²) < 4.78 is 0. The minimum Gasteiger partial charge on any atom is -0.481 e. The Morgan fingerprint density at radius 1 is 1.20 bits per heavy atom. The predicted molar refractivity (Wildman–Crippen MR) is 72.7 cm³/mol. The second-order valence-electron chi connectivity index (χ2n) is 2.85. The Balaban J connectivity index is 0. The molecular weight excluding hydrogens is 228 g/mol. The highest BCUT2D eigenvalue weighted by Gasteiger charge is 1.96. The van der Waals surface area contributed by atoms with Gasteiger partial charge in [0.1, 0.15) is 0 Å². The van der Waals surface area contributed by atoms with Crippen LogP contribution in [0.15, 0.2) is 0 Å². The average Bonchev–Trinajstić information content (AvgIpc) is 2.79. The number of aliphatic carboxylic acids is 1. The van der Waals surface area contributed by atoms with Crippen molar-refractivity contribution in [2.75, 3.05) is 11.5 Å². The lowest BCUT2D eigenvalue weighted by Gasteiger charge is -1.89. The van der Waals surface area contributed by atoms with Gasteiger partial charge in [-0.15, -0.1) is 0 Å². The molecule has 0 unspecified atom stereocenters. The van der Waals surface area contributed by atoms with Gasteiger partial charge in [-0.2, -0.15) is 0 Å². The third-order valence-electron chi connectivity index (χ3n) is 1.53. The maximum Gasteiger partial charge on any atom is 0.303 e. The molecule has 0 aromatic heterocycles. The van der Waals surface area contributed by atoms with Crippen molar-refractivity contribution in [2.24, 2.45) is 0 Å². The summed E-state index contributed by atoms with van der Waals surface area (Å²) in [5, 5.41) is 8.14. The molecule has 0 amide bonds. The fraction of sp³-hybridized carbons (Fsp3) is 0.909. The summed E-state index contributed by atoms with van der Waals surface area (Å²) in [6.07, 6.45) is 4.70. The lowest BCUT2D eigenvalue weighted by molar-refractivity contribution is -0.137. The van der Waals surface area contributed by atoms with Gasteiger partial charge in [-0.05, 0) is 12.8 Å². The predicted octanol–water partition coefficient (Wildman–Crippen LogP) is 4.45. The van der Waals surface area contributed by atoms with E-state index in [0.29, 0.717) is 6.42 Å². The van der Waals surface area contributed by atoms with Gasteiger partial charge in [-0.3, -0.25) is 4.79 Å². The Bertz CT molecular complexity index is 118. The van der Waals surface area contributed by atoms with Crippen LogP contribution < -0.4 is 0 Å². The standard InChI is InChI=1S/C6H12O2.C3H6S2.C2H6/c1-2-3-4-5-6(7)8;1-2-4-5-3-1;1-2/h2-5H2,1H3,(H,7,8);1-3H2;1-2H3. The van der Waals surface area contributed by atoms with Gasteiger partial charge in [-0.1, -0.05) is 55.2 Å². The number of hydrogen-bond acceptors (Lipinski definition) is 3. The van der Waals surface area contributed by atoms with Crippen molar-refractivity contribution in [1.29, 1.82) is 0 Å². The third kappa shape index (κ3) is 20.3. The Morgan fingerprint density at radius 3 is 2.00 bits per heavy atom. The maximum atomic E-state index is 9.87. The van der Waals surface area contributed by atoms with Crippen LogP contribution in [0.3, 0.4) is 0 Å². The fourth-order valence-electron chi connectivity index (χ4n) is 0.821. The molecule has 1 saturated heterocycles. The van der Waals surface area contributed by atoms with Gasteiger partial charge >= 0.3 is 5.97 Å². The molecule has 1 fully saturated rings. The second-order valence-corrected chi connectivity index (χ2v) is 5.55. The van der Waals surface area contributed by atoms with Crippen LogP contribution in [-0.2, 0) is 4.79 Å². The lowest BCUT2D eigenvalue weighted by atomic mass is 10.2. The van der Waals surface area contributed by atoms with Gasteiger partial charge in [-0.25, -0.2) is 0 Å². The van der Waals surface area contributed by atoms with Gasteiger partial charge in [0.15, 0.2) is 0 Å². The molecule has 0 aromatic carbocycles. The van der Waals surface area contributed by atoms with Gasteiger partial charge in [0.25, 0.3) is 0 Å². The van der Waals surface area contributed by atoms with Crippen molar-refractivity contribution in [3.8, 4) is 0 Å². The minimum atomic E-state index is -0.682. The van der Waals surface area contributed by atoms with Crippen LogP contribution >= 0.6 is 21.6 Å². The highest BCUT2D eigenvalue weighted by molar-refractivity contribution is 8.77. The van der Waals surface area contributed by atoms with Gasteiger partial charge in [0.05, 0.1) is 0 Å². The van der Waals surface area contributed by atoms with Crippen LogP contribution in [0.2, 0.25) is 0 Å². The van der Waals surface area contributed by atoms with Gasteiger partial charge in [0.2, 0.25) is 0 Å².